The normalized spacial score (nSPS) is 15.5. The zero-order valence-corrected chi connectivity index (χ0v) is 13.5. The average Bonchev–Trinajstić information content (AvgIpc) is 2.48. The molecule has 1 aromatic heterocycles. The number of carbonyl (C=O) groups is 2. The van der Waals surface area contributed by atoms with E-state index in [1.165, 1.54) is 12.3 Å². The third-order valence-electron chi connectivity index (χ3n) is 3.42. The fraction of sp³-hybridized carbons (Fsp3) is 0.500. The van der Waals surface area contributed by atoms with Crippen molar-refractivity contribution in [2.45, 2.75) is 13.8 Å². The highest BCUT2D eigenvalue weighted by Gasteiger charge is 2.27. The molecule has 0 aromatic carbocycles. The summed E-state index contributed by atoms with van der Waals surface area (Å²) >= 11 is 11.8. The van der Waals surface area contributed by atoms with Crippen LogP contribution in [0.1, 0.15) is 24.2 Å². The topological polar surface area (TPSA) is 53.5 Å². The summed E-state index contributed by atoms with van der Waals surface area (Å²) in [4.78, 5) is 31.7. The van der Waals surface area contributed by atoms with Gasteiger partial charge in [-0.3, -0.25) is 9.59 Å². The SMILES string of the molecule is CC(C)C(=O)N1CCN(C(=O)c2cc(Cl)ncc2Cl)CC1. The molecule has 21 heavy (non-hydrogen) atoms. The van der Waals surface area contributed by atoms with Gasteiger partial charge in [-0.25, -0.2) is 4.98 Å². The molecule has 0 bridgehead atoms. The van der Waals surface area contributed by atoms with Crippen LogP contribution in [0.5, 0.6) is 0 Å². The number of halogens is 2. The van der Waals surface area contributed by atoms with Gasteiger partial charge in [0.25, 0.3) is 5.91 Å². The van der Waals surface area contributed by atoms with Crippen molar-refractivity contribution in [2.75, 3.05) is 26.2 Å². The Kier molecular flexibility index (Phi) is 5.06. The van der Waals surface area contributed by atoms with Gasteiger partial charge in [-0.05, 0) is 6.07 Å². The van der Waals surface area contributed by atoms with Gasteiger partial charge in [0.15, 0.2) is 0 Å². The average molecular weight is 330 g/mol. The summed E-state index contributed by atoms with van der Waals surface area (Å²) in [5.74, 6) is -0.0891. The minimum absolute atomic E-state index is 0.0271. The molecular weight excluding hydrogens is 313 g/mol. The molecule has 5 nitrogen and oxygen atoms in total. The minimum Gasteiger partial charge on any atom is -0.339 e. The number of carbonyl (C=O) groups excluding carboxylic acids is 2. The highest BCUT2D eigenvalue weighted by molar-refractivity contribution is 6.35. The van der Waals surface area contributed by atoms with Crippen LogP contribution in [0.25, 0.3) is 0 Å². The van der Waals surface area contributed by atoms with Crippen LogP contribution in [0.2, 0.25) is 10.2 Å². The summed E-state index contributed by atoms with van der Waals surface area (Å²) in [6.45, 7) is 5.82. The van der Waals surface area contributed by atoms with Crippen molar-refractivity contribution < 1.29 is 9.59 Å². The molecule has 1 aliphatic heterocycles. The highest BCUT2D eigenvalue weighted by Crippen LogP contribution is 2.20. The van der Waals surface area contributed by atoms with Gasteiger partial charge in [-0.1, -0.05) is 37.0 Å². The van der Waals surface area contributed by atoms with Crippen LogP contribution in [0.4, 0.5) is 0 Å². The van der Waals surface area contributed by atoms with Crippen molar-refractivity contribution in [3.63, 3.8) is 0 Å². The summed E-state index contributed by atoms with van der Waals surface area (Å²) in [5, 5.41) is 0.515. The van der Waals surface area contributed by atoms with Crippen LogP contribution < -0.4 is 0 Å². The summed E-state index contributed by atoms with van der Waals surface area (Å²) in [5.41, 5.74) is 0.348. The van der Waals surface area contributed by atoms with Crippen molar-refractivity contribution in [2.24, 2.45) is 5.92 Å². The standard InChI is InChI=1S/C14H17Cl2N3O2/c1-9(2)13(20)18-3-5-19(6-4-18)14(21)10-7-12(16)17-8-11(10)15/h7-9H,3-6H2,1-2H3. The predicted molar refractivity (Wildman–Crippen MR) is 81.6 cm³/mol. The Labute approximate surface area is 133 Å². The largest absolute Gasteiger partial charge is 0.339 e. The van der Waals surface area contributed by atoms with E-state index < -0.39 is 0 Å². The van der Waals surface area contributed by atoms with Gasteiger partial charge < -0.3 is 9.80 Å². The third kappa shape index (κ3) is 3.66. The second-order valence-corrected chi connectivity index (χ2v) is 6.05. The van der Waals surface area contributed by atoms with Gasteiger partial charge in [-0.15, -0.1) is 0 Å². The number of piperazine rings is 1. The second kappa shape index (κ2) is 6.62. The fourth-order valence-electron chi connectivity index (χ4n) is 2.24. The minimum atomic E-state index is -0.180. The lowest BCUT2D eigenvalue weighted by Crippen LogP contribution is -2.51. The number of pyridine rings is 1. The van der Waals surface area contributed by atoms with Crippen LogP contribution >= 0.6 is 23.2 Å². The number of aromatic nitrogens is 1. The summed E-state index contributed by atoms with van der Waals surface area (Å²) in [7, 11) is 0. The van der Waals surface area contributed by atoms with E-state index in [0.29, 0.717) is 31.7 Å². The van der Waals surface area contributed by atoms with Gasteiger partial charge in [0.05, 0.1) is 10.6 Å². The van der Waals surface area contributed by atoms with E-state index in [4.69, 9.17) is 23.2 Å². The molecule has 1 saturated heterocycles. The van der Waals surface area contributed by atoms with Crippen molar-refractivity contribution in [1.82, 2.24) is 14.8 Å². The quantitative estimate of drug-likeness (QED) is 0.782. The highest BCUT2D eigenvalue weighted by atomic mass is 35.5. The van der Waals surface area contributed by atoms with E-state index in [-0.39, 0.29) is 27.9 Å². The van der Waals surface area contributed by atoms with Crippen molar-refractivity contribution in [3.05, 3.63) is 28.0 Å². The molecule has 2 rings (SSSR count). The van der Waals surface area contributed by atoms with E-state index >= 15 is 0 Å². The van der Waals surface area contributed by atoms with Crippen molar-refractivity contribution >= 4 is 35.0 Å². The maximum absolute atomic E-state index is 12.4. The molecule has 7 heteroatoms. The summed E-state index contributed by atoms with van der Waals surface area (Å²) in [6.07, 6.45) is 1.37. The number of rotatable bonds is 2. The molecular formula is C14H17Cl2N3O2. The van der Waals surface area contributed by atoms with Gasteiger partial charge in [0, 0.05) is 38.3 Å². The Morgan fingerprint density at radius 2 is 1.71 bits per heavy atom. The van der Waals surface area contributed by atoms with Crippen LogP contribution in [0.15, 0.2) is 12.3 Å². The van der Waals surface area contributed by atoms with Crippen LogP contribution in [0, 0.1) is 5.92 Å². The Hall–Kier alpha value is -1.33. The Bertz CT molecular complexity index is 555. The zero-order chi connectivity index (χ0) is 15.6. The lowest BCUT2D eigenvalue weighted by atomic mass is 10.1. The van der Waals surface area contributed by atoms with Gasteiger partial charge >= 0.3 is 0 Å². The zero-order valence-electron chi connectivity index (χ0n) is 12.0. The molecule has 2 heterocycles. The molecule has 0 aliphatic carbocycles. The molecule has 1 aliphatic rings. The molecule has 1 fully saturated rings. The number of amides is 2. The maximum Gasteiger partial charge on any atom is 0.255 e. The van der Waals surface area contributed by atoms with Crippen LogP contribution in [0.3, 0.4) is 0 Å². The number of hydrogen-bond donors (Lipinski definition) is 0. The van der Waals surface area contributed by atoms with Crippen molar-refractivity contribution in [1.29, 1.82) is 0 Å². The fourth-order valence-corrected chi connectivity index (χ4v) is 2.58. The lowest BCUT2D eigenvalue weighted by molar-refractivity contribution is -0.135. The Balaban J connectivity index is 2.03. The van der Waals surface area contributed by atoms with Gasteiger partial charge in [-0.2, -0.15) is 0 Å². The third-order valence-corrected chi connectivity index (χ3v) is 3.93. The van der Waals surface area contributed by atoms with E-state index in [1.807, 2.05) is 13.8 Å². The smallest absolute Gasteiger partial charge is 0.255 e. The molecule has 0 radical (unpaired) electrons. The Morgan fingerprint density at radius 3 is 2.29 bits per heavy atom. The maximum atomic E-state index is 12.4. The monoisotopic (exact) mass is 329 g/mol. The first-order chi connectivity index (χ1) is 9.90. The molecule has 0 atom stereocenters. The van der Waals surface area contributed by atoms with E-state index in [2.05, 4.69) is 4.98 Å². The molecule has 114 valence electrons. The predicted octanol–water partition coefficient (Wildman–Crippen LogP) is 2.33. The molecule has 0 N–H and O–H groups in total. The first-order valence-electron chi connectivity index (χ1n) is 6.79. The Morgan fingerprint density at radius 1 is 1.14 bits per heavy atom. The van der Waals surface area contributed by atoms with Gasteiger partial charge in [0.2, 0.25) is 5.91 Å². The first-order valence-corrected chi connectivity index (χ1v) is 7.55. The van der Waals surface area contributed by atoms with Crippen molar-refractivity contribution in [3.8, 4) is 0 Å². The van der Waals surface area contributed by atoms with E-state index in [9.17, 15) is 9.59 Å². The van der Waals surface area contributed by atoms with E-state index in [1.54, 1.807) is 9.80 Å². The van der Waals surface area contributed by atoms with Crippen LogP contribution in [-0.2, 0) is 4.79 Å². The molecule has 2 amide bonds. The molecule has 0 unspecified atom stereocenters. The first kappa shape index (κ1) is 16.0. The summed E-state index contributed by atoms with van der Waals surface area (Å²) in [6, 6.07) is 1.47. The van der Waals surface area contributed by atoms with Crippen LogP contribution in [-0.4, -0.2) is 52.8 Å². The van der Waals surface area contributed by atoms with Gasteiger partial charge in [0.1, 0.15) is 5.15 Å². The molecule has 0 saturated carbocycles. The number of nitrogens with zero attached hydrogens (tertiary/aromatic N) is 3. The lowest BCUT2D eigenvalue weighted by Gasteiger charge is -2.35. The van der Waals surface area contributed by atoms with E-state index in [0.717, 1.165) is 0 Å². The second-order valence-electron chi connectivity index (χ2n) is 5.26. The number of hydrogen-bond acceptors (Lipinski definition) is 3. The molecule has 0 spiro atoms. The molecule has 1 aromatic rings. The summed E-state index contributed by atoms with van der Waals surface area (Å²) < 4.78 is 0.